The lowest BCUT2D eigenvalue weighted by Gasteiger charge is -2.11. The van der Waals surface area contributed by atoms with E-state index in [1.807, 2.05) is 0 Å². The van der Waals surface area contributed by atoms with E-state index in [4.69, 9.17) is 18.9 Å². The van der Waals surface area contributed by atoms with E-state index in [0.717, 1.165) is 12.1 Å². The fourth-order valence-corrected chi connectivity index (χ4v) is 3.45. The zero-order valence-electron chi connectivity index (χ0n) is 15.9. The Balaban J connectivity index is 2.42. The first-order chi connectivity index (χ1) is 14.2. The van der Waals surface area contributed by atoms with E-state index < -0.39 is 31.6 Å². The number of methoxy groups -OCH3 is 1. The Morgan fingerprint density at radius 1 is 1.23 bits per heavy atom. The summed E-state index contributed by atoms with van der Waals surface area (Å²) in [5, 5.41) is 20.2. The van der Waals surface area contributed by atoms with Gasteiger partial charge in [-0.1, -0.05) is 18.2 Å². The molecule has 2 aromatic rings. The van der Waals surface area contributed by atoms with Crippen LogP contribution >= 0.6 is 0 Å². The molecule has 2 rings (SSSR count). The summed E-state index contributed by atoms with van der Waals surface area (Å²) >= 11 is 0. The third kappa shape index (κ3) is 5.12. The van der Waals surface area contributed by atoms with Gasteiger partial charge in [-0.3, -0.25) is 10.1 Å². The SMILES string of the molecule is CCOC(=O)/C(C#N)=C\c1ccc(OS(=O)(=O)c2ccccc2[N+](=O)[O-])c(OC)c1. The van der Waals surface area contributed by atoms with Crippen LogP contribution in [0.15, 0.2) is 52.9 Å². The number of benzene rings is 2. The summed E-state index contributed by atoms with van der Waals surface area (Å²) in [5.41, 5.74) is -0.559. The molecule has 2 aromatic carbocycles. The van der Waals surface area contributed by atoms with Crippen LogP contribution in [0.25, 0.3) is 6.08 Å². The number of hydrogen-bond donors (Lipinski definition) is 0. The second-order valence-corrected chi connectivity index (χ2v) is 7.08. The molecule has 0 N–H and O–H groups in total. The maximum Gasteiger partial charge on any atom is 0.348 e. The van der Waals surface area contributed by atoms with Crippen LogP contribution in [0.1, 0.15) is 12.5 Å². The van der Waals surface area contributed by atoms with Crippen LogP contribution in [0.4, 0.5) is 5.69 Å². The highest BCUT2D eigenvalue weighted by Gasteiger charge is 2.28. The first-order valence-electron chi connectivity index (χ1n) is 8.38. The van der Waals surface area contributed by atoms with Gasteiger partial charge in [0.15, 0.2) is 16.4 Å². The number of hydrogen-bond acceptors (Lipinski definition) is 9. The number of carbonyl (C=O) groups excluding carboxylic acids is 1. The summed E-state index contributed by atoms with van der Waals surface area (Å²) in [5.74, 6) is -1.08. The predicted octanol–water partition coefficient (Wildman–Crippen LogP) is 2.84. The first-order valence-corrected chi connectivity index (χ1v) is 9.79. The normalized spacial score (nSPS) is 11.3. The molecule has 30 heavy (non-hydrogen) atoms. The molecule has 0 radical (unpaired) electrons. The molecule has 0 spiro atoms. The van der Waals surface area contributed by atoms with Gasteiger partial charge in [-0.05, 0) is 36.8 Å². The summed E-state index contributed by atoms with van der Waals surface area (Å²) < 4.78 is 40.1. The van der Waals surface area contributed by atoms with Crippen molar-refractivity contribution in [3.8, 4) is 17.6 Å². The molecule has 0 bridgehead atoms. The maximum atomic E-state index is 12.6. The quantitative estimate of drug-likeness (QED) is 0.153. The van der Waals surface area contributed by atoms with Gasteiger partial charge < -0.3 is 13.7 Å². The fourth-order valence-electron chi connectivity index (χ4n) is 2.34. The zero-order valence-corrected chi connectivity index (χ0v) is 16.7. The molecule has 0 aliphatic rings. The lowest BCUT2D eigenvalue weighted by atomic mass is 10.1. The summed E-state index contributed by atoms with van der Waals surface area (Å²) in [7, 11) is -3.29. The average Bonchev–Trinajstić information content (AvgIpc) is 2.72. The van der Waals surface area contributed by atoms with Crippen molar-refractivity contribution >= 4 is 27.9 Å². The third-order valence-corrected chi connectivity index (χ3v) is 4.93. The van der Waals surface area contributed by atoms with Crippen molar-refractivity contribution in [2.75, 3.05) is 13.7 Å². The Hall–Kier alpha value is -3.91. The molecule has 11 heteroatoms. The van der Waals surface area contributed by atoms with E-state index in [9.17, 15) is 23.3 Å². The van der Waals surface area contributed by atoms with Crippen molar-refractivity contribution in [2.45, 2.75) is 11.8 Å². The smallest absolute Gasteiger partial charge is 0.348 e. The average molecular weight is 432 g/mol. The summed E-state index contributed by atoms with van der Waals surface area (Å²) in [4.78, 5) is 21.4. The van der Waals surface area contributed by atoms with E-state index >= 15 is 0 Å². The lowest BCUT2D eigenvalue weighted by molar-refractivity contribution is -0.387. The molecule has 0 aliphatic carbocycles. The number of nitrogens with zero attached hydrogens (tertiary/aromatic N) is 2. The van der Waals surface area contributed by atoms with Gasteiger partial charge in [0.2, 0.25) is 0 Å². The Morgan fingerprint density at radius 2 is 1.93 bits per heavy atom. The van der Waals surface area contributed by atoms with E-state index in [-0.39, 0.29) is 23.7 Å². The number of esters is 1. The molecule has 0 atom stereocenters. The minimum absolute atomic E-state index is 0.0351. The van der Waals surface area contributed by atoms with Crippen LogP contribution in [-0.2, 0) is 19.6 Å². The fraction of sp³-hybridized carbons (Fsp3) is 0.158. The topological polar surface area (TPSA) is 146 Å². The molecular formula is C19H16N2O8S. The number of nitro groups is 1. The summed E-state index contributed by atoms with van der Waals surface area (Å²) in [6.45, 7) is 1.69. The predicted molar refractivity (Wildman–Crippen MR) is 104 cm³/mol. The minimum atomic E-state index is -4.55. The van der Waals surface area contributed by atoms with Gasteiger partial charge >= 0.3 is 16.1 Å². The zero-order chi connectivity index (χ0) is 22.3. The van der Waals surface area contributed by atoms with Gasteiger partial charge in [-0.25, -0.2) is 4.79 Å². The van der Waals surface area contributed by atoms with Crippen LogP contribution in [0, 0.1) is 21.4 Å². The second-order valence-electron chi connectivity index (χ2n) is 5.56. The molecule has 0 fully saturated rings. The first kappa shape index (κ1) is 22.4. The number of nitriles is 1. The van der Waals surface area contributed by atoms with E-state index in [0.29, 0.717) is 5.56 Å². The van der Waals surface area contributed by atoms with Crippen LogP contribution < -0.4 is 8.92 Å². The monoisotopic (exact) mass is 432 g/mol. The highest BCUT2D eigenvalue weighted by molar-refractivity contribution is 7.87. The van der Waals surface area contributed by atoms with Crippen molar-refractivity contribution in [3.05, 3.63) is 63.7 Å². The highest BCUT2D eigenvalue weighted by atomic mass is 32.2. The number of ether oxygens (including phenoxy) is 2. The number of para-hydroxylation sites is 1. The largest absolute Gasteiger partial charge is 0.493 e. The van der Waals surface area contributed by atoms with Crippen molar-refractivity contribution in [2.24, 2.45) is 0 Å². The number of carbonyl (C=O) groups is 1. The van der Waals surface area contributed by atoms with Crippen molar-refractivity contribution < 1.29 is 31.8 Å². The van der Waals surface area contributed by atoms with Crippen molar-refractivity contribution in [3.63, 3.8) is 0 Å². The molecule has 0 saturated carbocycles. The number of nitro benzene ring substituents is 1. The molecule has 0 heterocycles. The number of rotatable bonds is 8. The van der Waals surface area contributed by atoms with E-state index in [1.165, 1.54) is 43.5 Å². The molecule has 10 nitrogen and oxygen atoms in total. The van der Waals surface area contributed by atoms with Gasteiger partial charge in [0.05, 0.1) is 18.6 Å². The third-order valence-electron chi connectivity index (χ3n) is 3.65. The molecule has 0 aliphatic heterocycles. The van der Waals surface area contributed by atoms with E-state index in [1.54, 1.807) is 13.0 Å². The molecule has 0 amide bonds. The van der Waals surface area contributed by atoms with Crippen LogP contribution in [0.2, 0.25) is 0 Å². The van der Waals surface area contributed by atoms with Crippen LogP contribution in [0.3, 0.4) is 0 Å². The van der Waals surface area contributed by atoms with Gasteiger partial charge in [0.1, 0.15) is 11.6 Å². The Labute approximate surface area is 172 Å². The highest BCUT2D eigenvalue weighted by Crippen LogP contribution is 2.33. The second kappa shape index (κ2) is 9.53. The maximum absolute atomic E-state index is 12.6. The Morgan fingerprint density at radius 3 is 2.53 bits per heavy atom. The molecule has 0 aromatic heterocycles. The van der Waals surface area contributed by atoms with Gasteiger partial charge in [0.25, 0.3) is 5.69 Å². The lowest BCUT2D eigenvalue weighted by Crippen LogP contribution is -2.12. The van der Waals surface area contributed by atoms with Gasteiger partial charge in [0, 0.05) is 6.07 Å². The van der Waals surface area contributed by atoms with Gasteiger partial charge in [-0.15, -0.1) is 0 Å². The van der Waals surface area contributed by atoms with Crippen molar-refractivity contribution in [1.82, 2.24) is 0 Å². The van der Waals surface area contributed by atoms with Crippen molar-refractivity contribution in [1.29, 1.82) is 5.26 Å². The Kier molecular flexibility index (Phi) is 7.11. The summed E-state index contributed by atoms with van der Waals surface area (Å²) in [6, 6.07) is 10.4. The van der Waals surface area contributed by atoms with E-state index in [2.05, 4.69) is 0 Å². The summed E-state index contributed by atoms with van der Waals surface area (Å²) in [6.07, 6.45) is 1.24. The van der Waals surface area contributed by atoms with Crippen LogP contribution in [0.5, 0.6) is 11.5 Å². The molecule has 0 unspecified atom stereocenters. The van der Waals surface area contributed by atoms with Crippen LogP contribution in [-0.4, -0.2) is 33.0 Å². The Bertz CT molecular complexity index is 1150. The molecule has 156 valence electrons. The minimum Gasteiger partial charge on any atom is -0.493 e. The molecular weight excluding hydrogens is 416 g/mol. The standard InChI is InChI=1S/C19H16N2O8S/c1-3-28-19(22)14(12-20)10-13-8-9-16(17(11-13)27-2)29-30(25,26)18-7-5-4-6-15(18)21(23)24/h4-11H,3H2,1-2H3/b14-10-. The molecule has 0 saturated heterocycles. The van der Waals surface area contributed by atoms with Gasteiger partial charge in [-0.2, -0.15) is 13.7 Å².